The molecule has 0 radical (unpaired) electrons. The molecule has 0 atom stereocenters. The molecule has 1 aromatic carbocycles. The number of nitrogens with one attached hydrogen (secondary N) is 1. The zero-order valence-corrected chi connectivity index (χ0v) is 12.1. The predicted octanol–water partition coefficient (Wildman–Crippen LogP) is 3.15. The van der Waals surface area contributed by atoms with Gasteiger partial charge in [-0.25, -0.2) is 4.98 Å². The van der Waals surface area contributed by atoms with Crippen LogP contribution < -0.4 is 14.8 Å². The molecule has 1 heterocycles. The molecule has 106 valence electrons. The Morgan fingerprint density at radius 2 is 2.20 bits per heavy atom. The molecule has 5 nitrogen and oxygen atoms in total. The summed E-state index contributed by atoms with van der Waals surface area (Å²) in [6, 6.07) is 8.13. The molecular weight excluding hydrogens is 278 g/mol. The molecule has 0 saturated heterocycles. The summed E-state index contributed by atoms with van der Waals surface area (Å²) in [7, 11) is 1.51. The summed E-state index contributed by atoms with van der Waals surface area (Å²) < 4.78 is 10.4. The molecule has 2 rings (SSSR count). The number of rotatable bonds is 6. The number of hydrogen-bond acceptors (Lipinski definition) is 5. The third-order valence-corrected chi connectivity index (χ3v) is 2.85. The second-order valence-electron chi connectivity index (χ2n) is 3.99. The maximum absolute atomic E-state index is 6.03. The average Bonchev–Trinajstić information content (AvgIpc) is 2.47. The van der Waals surface area contributed by atoms with Crippen LogP contribution in [0.25, 0.3) is 0 Å². The maximum atomic E-state index is 6.03. The van der Waals surface area contributed by atoms with Gasteiger partial charge in [-0.15, -0.1) is 0 Å². The van der Waals surface area contributed by atoms with Crippen LogP contribution in [0, 0.1) is 0 Å². The van der Waals surface area contributed by atoms with Crippen LogP contribution in [0.5, 0.6) is 11.8 Å². The Morgan fingerprint density at radius 3 is 2.95 bits per heavy atom. The number of methoxy groups -OCH3 is 1. The molecule has 0 aliphatic heterocycles. The molecule has 0 saturated carbocycles. The van der Waals surface area contributed by atoms with Gasteiger partial charge in [0.25, 0.3) is 0 Å². The Labute approximate surface area is 122 Å². The second-order valence-corrected chi connectivity index (χ2v) is 4.39. The second kappa shape index (κ2) is 6.96. The van der Waals surface area contributed by atoms with Crippen LogP contribution in [-0.4, -0.2) is 23.7 Å². The van der Waals surface area contributed by atoms with E-state index in [2.05, 4.69) is 15.3 Å². The number of anilines is 1. The topological polar surface area (TPSA) is 56.3 Å². The highest BCUT2D eigenvalue weighted by Gasteiger charge is 2.05. The van der Waals surface area contributed by atoms with Crippen LogP contribution >= 0.6 is 11.6 Å². The maximum Gasteiger partial charge on any atom is 0.318 e. The first-order valence-electron chi connectivity index (χ1n) is 6.25. The van der Waals surface area contributed by atoms with Crippen molar-refractivity contribution in [3.05, 3.63) is 41.0 Å². The van der Waals surface area contributed by atoms with Gasteiger partial charge < -0.3 is 14.8 Å². The average molecular weight is 294 g/mol. The zero-order chi connectivity index (χ0) is 14.4. The minimum atomic E-state index is 0.278. The van der Waals surface area contributed by atoms with E-state index in [1.165, 1.54) is 13.3 Å². The van der Waals surface area contributed by atoms with Gasteiger partial charge in [-0.05, 0) is 24.6 Å². The quantitative estimate of drug-likeness (QED) is 0.886. The number of hydrogen-bond donors (Lipinski definition) is 1. The lowest BCUT2D eigenvalue weighted by Gasteiger charge is -2.09. The predicted molar refractivity (Wildman–Crippen MR) is 78.5 cm³/mol. The summed E-state index contributed by atoms with van der Waals surface area (Å²) in [5.74, 6) is 1.39. The van der Waals surface area contributed by atoms with Crippen LogP contribution in [0.2, 0.25) is 5.02 Å². The van der Waals surface area contributed by atoms with Crippen LogP contribution in [0.3, 0.4) is 0 Å². The van der Waals surface area contributed by atoms with Gasteiger partial charge >= 0.3 is 6.01 Å². The number of benzene rings is 1. The summed E-state index contributed by atoms with van der Waals surface area (Å²) >= 11 is 6.03. The van der Waals surface area contributed by atoms with Crippen molar-refractivity contribution in [1.82, 2.24) is 9.97 Å². The van der Waals surface area contributed by atoms with Gasteiger partial charge in [-0.1, -0.05) is 23.7 Å². The minimum Gasteiger partial charge on any atom is -0.494 e. The first-order chi connectivity index (χ1) is 9.72. The van der Waals surface area contributed by atoms with Crippen molar-refractivity contribution < 1.29 is 9.47 Å². The number of aromatic nitrogens is 2. The van der Waals surface area contributed by atoms with Gasteiger partial charge in [0.15, 0.2) is 5.82 Å². The van der Waals surface area contributed by atoms with Crippen molar-refractivity contribution in [2.75, 3.05) is 19.0 Å². The summed E-state index contributed by atoms with van der Waals surface area (Å²) in [6.07, 6.45) is 1.51. The van der Waals surface area contributed by atoms with E-state index in [1.54, 1.807) is 0 Å². The van der Waals surface area contributed by atoms with E-state index < -0.39 is 0 Å². The van der Waals surface area contributed by atoms with Crippen molar-refractivity contribution in [2.45, 2.75) is 13.5 Å². The zero-order valence-electron chi connectivity index (χ0n) is 11.4. The summed E-state index contributed by atoms with van der Waals surface area (Å²) in [4.78, 5) is 8.08. The van der Waals surface area contributed by atoms with E-state index in [9.17, 15) is 0 Å². The highest BCUT2D eigenvalue weighted by molar-refractivity contribution is 6.32. The van der Waals surface area contributed by atoms with Crippen molar-refractivity contribution in [3.8, 4) is 11.8 Å². The summed E-state index contributed by atoms with van der Waals surface area (Å²) in [5, 5.41) is 3.61. The molecule has 0 bridgehead atoms. The monoisotopic (exact) mass is 293 g/mol. The fraction of sp³-hybridized carbons (Fsp3) is 0.286. The first kappa shape index (κ1) is 14.4. The molecule has 0 amide bonds. The fourth-order valence-electron chi connectivity index (χ4n) is 1.67. The summed E-state index contributed by atoms with van der Waals surface area (Å²) in [6.45, 7) is 3.19. The van der Waals surface area contributed by atoms with Gasteiger partial charge in [0.2, 0.25) is 0 Å². The molecule has 0 fully saturated rings. The lowest BCUT2D eigenvalue weighted by atomic mass is 10.2. The molecule has 1 N–H and O–H groups in total. The molecule has 0 spiro atoms. The van der Waals surface area contributed by atoms with E-state index in [1.807, 2.05) is 31.2 Å². The molecule has 6 heteroatoms. The third-order valence-electron chi connectivity index (χ3n) is 2.57. The number of ether oxygens (including phenoxy) is 2. The Kier molecular flexibility index (Phi) is 5.01. The van der Waals surface area contributed by atoms with Gasteiger partial charge in [0.05, 0.1) is 19.9 Å². The Hall–Kier alpha value is -2.01. The van der Waals surface area contributed by atoms with Gasteiger partial charge in [0, 0.05) is 6.54 Å². The molecule has 0 unspecified atom stereocenters. The molecular formula is C14H16ClN3O2. The van der Waals surface area contributed by atoms with E-state index in [0.717, 1.165) is 11.3 Å². The normalized spacial score (nSPS) is 10.2. The van der Waals surface area contributed by atoms with Crippen LogP contribution in [0.15, 0.2) is 30.5 Å². The van der Waals surface area contributed by atoms with Crippen molar-refractivity contribution in [1.29, 1.82) is 0 Å². The molecule has 20 heavy (non-hydrogen) atoms. The van der Waals surface area contributed by atoms with E-state index in [0.29, 0.717) is 24.0 Å². The van der Waals surface area contributed by atoms with E-state index >= 15 is 0 Å². The lowest BCUT2D eigenvalue weighted by molar-refractivity contribution is 0.340. The largest absolute Gasteiger partial charge is 0.494 e. The van der Waals surface area contributed by atoms with Gasteiger partial charge in [0.1, 0.15) is 10.8 Å². The smallest absolute Gasteiger partial charge is 0.318 e. The van der Waals surface area contributed by atoms with Crippen molar-refractivity contribution in [3.63, 3.8) is 0 Å². The molecule has 1 aromatic heterocycles. The molecule has 2 aromatic rings. The lowest BCUT2D eigenvalue weighted by Crippen LogP contribution is -2.04. The highest BCUT2D eigenvalue weighted by Crippen LogP contribution is 2.21. The SMILES string of the molecule is CCOc1cccc(CNc2nc(OC)ncc2Cl)c1. The molecule has 0 aliphatic carbocycles. The Balaban J connectivity index is 2.06. The van der Waals surface area contributed by atoms with Crippen molar-refractivity contribution in [2.24, 2.45) is 0 Å². The number of halogens is 1. The Bertz CT molecular complexity index is 578. The highest BCUT2D eigenvalue weighted by atomic mass is 35.5. The first-order valence-corrected chi connectivity index (χ1v) is 6.63. The third kappa shape index (κ3) is 3.74. The van der Waals surface area contributed by atoms with Gasteiger partial charge in [-0.3, -0.25) is 0 Å². The van der Waals surface area contributed by atoms with Crippen molar-refractivity contribution >= 4 is 17.4 Å². The van der Waals surface area contributed by atoms with E-state index in [4.69, 9.17) is 21.1 Å². The summed E-state index contributed by atoms with van der Waals surface area (Å²) in [5.41, 5.74) is 1.07. The van der Waals surface area contributed by atoms with E-state index in [-0.39, 0.29) is 6.01 Å². The Morgan fingerprint density at radius 1 is 1.35 bits per heavy atom. The number of nitrogens with zero attached hydrogens (tertiary/aromatic N) is 2. The minimum absolute atomic E-state index is 0.278. The standard InChI is InChI=1S/C14H16ClN3O2/c1-3-20-11-6-4-5-10(7-11)8-16-13-12(15)9-17-14(18-13)19-2/h4-7,9H,3,8H2,1-2H3,(H,16,17,18). The van der Waals surface area contributed by atoms with Crippen LogP contribution in [0.1, 0.15) is 12.5 Å². The van der Waals surface area contributed by atoms with Crippen LogP contribution in [-0.2, 0) is 6.54 Å². The molecule has 0 aliphatic rings. The fourth-order valence-corrected chi connectivity index (χ4v) is 1.83. The van der Waals surface area contributed by atoms with Gasteiger partial charge in [-0.2, -0.15) is 4.98 Å². The van der Waals surface area contributed by atoms with Crippen LogP contribution in [0.4, 0.5) is 5.82 Å².